The Bertz CT molecular complexity index is 125. The molecule has 0 radical (unpaired) electrons. The maximum Gasteiger partial charge on any atom is 0.0520 e. The number of hydrogen-bond donors (Lipinski definition) is 0. The molecule has 0 aromatic carbocycles. The van der Waals surface area contributed by atoms with E-state index in [1.807, 2.05) is 13.8 Å². The van der Waals surface area contributed by atoms with Gasteiger partial charge in [-0.3, -0.25) is 0 Å². The second-order valence-electron chi connectivity index (χ2n) is 2.21. The van der Waals surface area contributed by atoms with Crippen molar-refractivity contribution in [1.82, 2.24) is 0 Å². The van der Waals surface area contributed by atoms with Crippen molar-refractivity contribution in [3.05, 3.63) is 0 Å². The molecular weight excluding hydrogens is 199 g/mol. The van der Waals surface area contributed by atoms with E-state index in [2.05, 4.69) is 4.18 Å². The molecule has 0 saturated carbocycles. The maximum atomic E-state index is 9.76. The molecule has 0 aromatic heterocycles. The Morgan fingerprint density at radius 2 is 1.90 bits per heavy atom. The summed E-state index contributed by atoms with van der Waals surface area (Å²) in [5.41, 5.74) is 0. The van der Waals surface area contributed by atoms with Crippen LogP contribution >= 0.6 is 0 Å². The molecule has 0 heterocycles. The van der Waals surface area contributed by atoms with Gasteiger partial charge in [0.1, 0.15) is 0 Å². The second kappa shape index (κ2) is 7.51. The molecule has 0 bridgehead atoms. The minimum Gasteiger partial charge on any atom is -0.424 e. The Kier molecular flexibility index (Phi) is 9.78. The number of hydrogen-bond acceptors (Lipinski definition) is 4. The monoisotopic (exact) mass is 209 g/mol. The van der Waals surface area contributed by atoms with Crippen LogP contribution in [0.25, 0.3) is 0 Å². The third-order valence-electron chi connectivity index (χ3n) is 0.875. The zero-order valence-electron chi connectivity index (χ0n) is 5.94. The molecule has 0 fully saturated rings. The fraction of sp³-hybridized carbons (Fsp3) is 1.00. The van der Waals surface area contributed by atoms with Gasteiger partial charge < -0.3 is 12.6 Å². The van der Waals surface area contributed by atoms with Gasteiger partial charge in [-0.15, -0.1) is 0 Å². The van der Waals surface area contributed by atoms with Crippen LogP contribution in [0.4, 0.5) is 0 Å². The average molecular weight is 210 g/mol. The zero-order chi connectivity index (χ0) is 7.28. The van der Waals surface area contributed by atoms with E-state index in [4.69, 9.17) is 0 Å². The van der Waals surface area contributed by atoms with Crippen LogP contribution in [-0.4, -0.2) is 6.61 Å². The van der Waals surface area contributed by atoms with Crippen molar-refractivity contribution in [2.75, 3.05) is 6.61 Å². The molecule has 5 heteroatoms. The smallest absolute Gasteiger partial charge is 0.0520 e. The topological polar surface area (TPSA) is 43.4 Å². The Morgan fingerprint density at radius 1 is 1.40 bits per heavy atom. The van der Waals surface area contributed by atoms with Crippen LogP contribution in [0.15, 0.2) is 0 Å². The van der Waals surface area contributed by atoms with Gasteiger partial charge in [-0.05, 0) is 12.3 Å². The first kappa shape index (κ1) is 13.0. The van der Waals surface area contributed by atoms with Crippen LogP contribution in [0.5, 0.6) is 0 Å². The SMILES string of the molecule is CC(C)CCO[S-](=O)=O.[Ni]. The van der Waals surface area contributed by atoms with Gasteiger partial charge in [0, 0.05) is 23.1 Å². The van der Waals surface area contributed by atoms with Gasteiger partial charge in [-0.25, -0.2) is 0 Å². The molecule has 0 atom stereocenters. The van der Waals surface area contributed by atoms with Crippen LogP contribution < -0.4 is 0 Å². The summed E-state index contributed by atoms with van der Waals surface area (Å²) in [7, 11) is -2.33. The van der Waals surface area contributed by atoms with Crippen molar-refractivity contribution in [1.29, 1.82) is 0 Å². The van der Waals surface area contributed by atoms with Crippen molar-refractivity contribution in [3.8, 4) is 0 Å². The summed E-state index contributed by atoms with van der Waals surface area (Å²) in [6.45, 7) is 4.32. The quantitative estimate of drug-likeness (QED) is 0.518. The average Bonchev–Trinajstić information content (AvgIpc) is 1.63. The Morgan fingerprint density at radius 3 is 2.20 bits per heavy atom. The summed E-state index contributed by atoms with van der Waals surface area (Å²) in [6.07, 6.45) is 0.786. The van der Waals surface area contributed by atoms with Gasteiger partial charge in [-0.1, -0.05) is 13.8 Å². The van der Waals surface area contributed by atoms with Crippen LogP contribution in [0.3, 0.4) is 0 Å². The van der Waals surface area contributed by atoms with E-state index in [0.717, 1.165) is 6.42 Å². The van der Waals surface area contributed by atoms with Gasteiger partial charge in [0.25, 0.3) is 0 Å². The molecule has 0 aliphatic rings. The summed E-state index contributed by atoms with van der Waals surface area (Å²) in [5.74, 6) is 0.494. The summed E-state index contributed by atoms with van der Waals surface area (Å²) in [6, 6.07) is 0. The van der Waals surface area contributed by atoms with E-state index in [1.54, 1.807) is 0 Å². The predicted molar refractivity (Wildman–Crippen MR) is 34.1 cm³/mol. The van der Waals surface area contributed by atoms with Crippen LogP contribution in [-0.2, 0) is 40.1 Å². The van der Waals surface area contributed by atoms with Crippen LogP contribution in [0, 0.1) is 5.92 Å². The van der Waals surface area contributed by atoms with Gasteiger partial charge >= 0.3 is 0 Å². The summed E-state index contributed by atoms with van der Waals surface area (Å²) >= 11 is 0. The van der Waals surface area contributed by atoms with E-state index >= 15 is 0 Å². The molecule has 0 rings (SSSR count). The molecule has 0 amide bonds. The van der Waals surface area contributed by atoms with Crippen molar-refractivity contribution in [2.24, 2.45) is 5.92 Å². The van der Waals surface area contributed by atoms with Crippen LogP contribution in [0.2, 0.25) is 0 Å². The fourth-order valence-corrected chi connectivity index (χ4v) is 0.584. The van der Waals surface area contributed by atoms with Crippen molar-refractivity contribution in [3.63, 3.8) is 0 Å². The second-order valence-corrected chi connectivity index (χ2v) is 2.85. The van der Waals surface area contributed by atoms with E-state index < -0.39 is 11.0 Å². The Balaban J connectivity index is 0. The molecule has 0 saturated heterocycles. The van der Waals surface area contributed by atoms with E-state index in [9.17, 15) is 8.42 Å². The predicted octanol–water partition coefficient (Wildman–Crippen LogP) is 1.27. The third-order valence-corrected chi connectivity index (χ3v) is 1.23. The van der Waals surface area contributed by atoms with Crippen molar-refractivity contribution >= 4 is 11.0 Å². The minimum absolute atomic E-state index is 0. The van der Waals surface area contributed by atoms with E-state index in [-0.39, 0.29) is 16.5 Å². The van der Waals surface area contributed by atoms with Crippen molar-refractivity contribution < 1.29 is 29.1 Å². The van der Waals surface area contributed by atoms with Crippen molar-refractivity contribution in [2.45, 2.75) is 20.3 Å². The summed E-state index contributed by atoms with van der Waals surface area (Å²) in [5, 5.41) is 0. The normalized spacial score (nSPS) is 10.0. The first-order chi connectivity index (χ1) is 4.13. The molecule has 0 spiro atoms. The summed E-state index contributed by atoms with van der Waals surface area (Å²) < 4.78 is 23.8. The molecule has 0 N–H and O–H groups in total. The third kappa shape index (κ3) is 11.2. The summed E-state index contributed by atoms with van der Waals surface area (Å²) in [4.78, 5) is 0. The van der Waals surface area contributed by atoms with Gasteiger partial charge in [0.05, 0.1) is 11.0 Å². The van der Waals surface area contributed by atoms with Gasteiger partial charge in [0.2, 0.25) is 0 Å². The molecular formula is C5H11NiO3S-. The molecule has 0 unspecified atom stereocenters. The van der Waals surface area contributed by atoms with E-state index in [1.165, 1.54) is 0 Å². The molecule has 3 nitrogen and oxygen atoms in total. The largest absolute Gasteiger partial charge is 0.424 e. The molecule has 0 aliphatic heterocycles. The maximum absolute atomic E-state index is 9.76. The molecule has 10 heavy (non-hydrogen) atoms. The van der Waals surface area contributed by atoms with E-state index in [0.29, 0.717) is 12.5 Å². The Labute approximate surface area is 73.2 Å². The first-order valence-electron chi connectivity index (χ1n) is 2.85. The Hall–Kier alpha value is 0.404. The zero-order valence-corrected chi connectivity index (χ0v) is 7.74. The van der Waals surface area contributed by atoms with Gasteiger partial charge in [-0.2, -0.15) is 0 Å². The van der Waals surface area contributed by atoms with Gasteiger partial charge in [0.15, 0.2) is 0 Å². The standard InChI is InChI=1S/C5H11O3S.Ni/c1-5(2)3-4-8-9(6)7;/h5H,3-4H2,1-2H3;/q-1;. The fourth-order valence-electron chi connectivity index (χ4n) is 0.352. The van der Waals surface area contributed by atoms with Crippen LogP contribution in [0.1, 0.15) is 20.3 Å². The molecule has 66 valence electrons. The molecule has 0 aliphatic carbocycles. The molecule has 0 aromatic rings. The first-order valence-corrected chi connectivity index (χ1v) is 3.85. The number of rotatable bonds is 4. The minimum atomic E-state index is -2.33.